The van der Waals surface area contributed by atoms with Gasteiger partial charge in [-0.05, 0) is 78.9 Å². The van der Waals surface area contributed by atoms with Crippen molar-refractivity contribution in [2.75, 3.05) is 43.1 Å². The molecule has 1 fully saturated rings. The minimum absolute atomic E-state index is 0.0380. The molecule has 1 atom stereocenters. The lowest BCUT2D eigenvalue weighted by atomic mass is 9.98. The molecule has 2 aromatic carbocycles. The molecule has 0 aromatic heterocycles. The quantitative estimate of drug-likeness (QED) is 0.447. The number of rotatable bonds is 9. The molecule has 0 unspecified atom stereocenters. The van der Waals surface area contributed by atoms with Crippen molar-refractivity contribution in [1.29, 1.82) is 0 Å². The molecule has 0 bridgehead atoms. The lowest BCUT2D eigenvalue weighted by Crippen LogP contribution is -2.43. The highest BCUT2D eigenvalue weighted by molar-refractivity contribution is 9.10. The molecule has 2 heterocycles. The van der Waals surface area contributed by atoms with Gasteiger partial charge in [-0.25, -0.2) is 8.42 Å². The fourth-order valence-electron chi connectivity index (χ4n) is 4.93. The smallest absolute Gasteiger partial charge is 0.244 e. The highest BCUT2D eigenvalue weighted by atomic mass is 79.9. The molecule has 0 saturated carbocycles. The van der Waals surface area contributed by atoms with Crippen molar-refractivity contribution in [2.24, 2.45) is 5.92 Å². The van der Waals surface area contributed by atoms with Crippen LogP contribution >= 0.6 is 15.9 Å². The van der Waals surface area contributed by atoms with Gasteiger partial charge >= 0.3 is 0 Å². The molecule has 2 aliphatic heterocycles. The van der Waals surface area contributed by atoms with Crippen LogP contribution in [0.3, 0.4) is 0 Å². The van der Waals surface area contributed by atoms with Crippen LogP contribution in [0.2, 0.25) is 0 Å². The summed E-state index contributed by atoms with van der Waals surface area (Å²) in [5.74, 6) is 0.292. The fourth-order valence-corrected chi connectivity index (χ4v) is 7.52. The van der Waals surface area contributed by atoms with Crippen LogP contribution in [0.5, 0.6) is 11.5 Å². The summed E-state index contributed by atoms with van der Waals surface area (Å²) in [6.45, 7) is 7.37. The normalized spacial score (nSPS) is 17.7. The SMILES string of the molecule is CCOc1ccc(OCC)c(NC(=O)[C@H]2CCCN(S(=O)(=O)c3cc4c(cc3Br)CCN4C(=O)CC)C2)c1. The number of hydrogen-bond acceptors (Lipinski definition) is 6. The van der Waals surface area contributed by atoms with Crippen LogP contribution in [-0.4, -0.2) is 57.4 Å². The van der Waals surface area contributed by atoms with Crippen LogP contribution in [-0.2, 0) is 26.0 Å². The standard InChI is InChI=1S/C27H34BrN3O6S/c1-4-26(32)31-13-11-18-14-21(28)25(16-23(18)31)38(34,35)30-12-7-8-19(17-30)27(33)29-22-15-20(36-5-2)9-10-24(22)37-6-3/h9-10,14-16,19H,4-8,11-13,17H2,1-3H3,(H,29,33)/t19-/m0/s1. The predicted octanol–water partition coefficient (Wildman–Crippen LogP) is 4.59. The summed E-state index contributed by atoms with van der Waals surface area (Å²) < 4.78 is 40.6. The molecule has 9 nitrogen and oxygen atoms in total. The molecule has 1 N–H and O–H groups in total. The Kier molecular flexibility index (Phi) is 9.00. The number of fused-ring (bicyclic) bond motifs is 1. The van der Waals surface area contributed by atoms with Crippen molar-refractivity contribution in [1.82, 2.24) is 4.31 Å². The molecular weight excluding hydrogens is 574 g/mol. The lowest BCUT2D eigenvalue weighted by Gasteiger charge is -2.32. The van der Waals surface area contributed by atoms with E-state index in [9.17, 15) is 18.0 Å². The number of carbonyl (C=O) groups is 2. The van der Waals surface area contributed by atoms with E-state index in [1.165, 1.54) is 4.31 Å². The number of piperidine rings is 1. The van der Waals surface area contributed by atoms with Crippen LogP contribution in [0.4, 0.5) is 11.4 Å². The number of halogens is 1. The van der Waals surface area contributed by atoms with Gasteiger partial charge in [0, 0.05) is 42.3 Å². The predicted molar refractivity (Wildman–Crippen MR) is 149 cm³/mol. The van der Waals surface area contributed by atoms with E-state index in [1.54, 1.807) is 42.2 Å². The van der Waals surface area contributed by atoms with Gasteiger partial charge in [0.1, 0.15) is 11.5 Å². The molecule has 38 heavy (non-hydrogen) atoms. The molecule has 0 radical (unpaired) electrons. The first-order valence-electron chi connectivity index (χ1n) is 13.0. The molecule has 11 heteroatoms. The number of nitrogens with zero attached hydrogens (tertiary/aromatic N) is 2. The largest absolute Gasteiger partial charge is 0.494 e. The summed E-state index contributed by atoms with van der Waals surface area (Å²) in [6.07, 6.45) is 2.15. The molecular formula is C27H34BrN3O6S. The lowest BCUT2D eigenvalue weighted by molar-refractivity contribution is -0.121. The molecule has 2 amide bonds. The monoisotopic (exact) mass is 607 g/mol. The fraction of sp³-hybridized carbons (Fsp3) is 0.481. The summed E-state index contributed by atoms with van der Waals surface area (Å²) in [6, 6.07) is 8.63. The molecule has 2 aliphatic rings. The average Bonchev–Trinajstić information content (AvgIpc) is 3.32. The summed E-state index contributed by atoms with van der Waals surface area (Å²) in [7, 11) is -3.92. The van der Waals surface area contributed by atoms with Crippen molar-refractivity contribution < 1.29 is 27.5 Å². The van der Waals surface area contributed by atoms with Crippen LogP contribution in [0, 0.1) is 5.92 Å². The first-order valence-corrected chi connectivity index (χ1v) is 15.3. The summed E-state index contributed by atoms with van der Waals surface area (Å²) in [4.78, 5) is 27.5. The van der Waals surface area contributed by atoms with Gasteiger partial charge in [-0.15, -0.1) is 0 Å². The number of hydrogen-bond donors (Lipinski definition) is 1. The first-order chi connectivity index (χ1) is 18.2. The van der Waals surface area contributed by atoms with Crippen LogP contribution in [0.25, 0.3) is 0 Å². The maximum atomic E-state index is 13.8. The second-order valence-electron chi connectivity index (χ2n) is 9.28. The summed E-state index contributed by atoms with van der Waals surface area (Å²) >= 11 is 3.44. The molecule has 2 aromatic rings. The zero-order valence-electron chi connectivity index (χ0n) is 22.0. The second-order valence-corrected chi connectivity index (χ2v) is 12.0. The van der Waals surface area contributed by atoms with E-state index in [4.69, 9.17) is 9.47 Å². The van der Waals surface area contributed by atoms with Crippen LogP contribution < -0.4 is 19.7 Å². The Bertz CT molecular complexity index is 1320. The summed E-state index contributed by atoms with van der Waals surface area (Å²) in [5, 5.41) is 2.93. The van der Waals surface area contributed by atoms with E-state index in [0.29, 0.717) is 79.3 Å². The van der Waals surface area contributed by atoms with Crippen LogP contribution in [0.15, 0.2) is 39.7 Å². The maximum Gasteiger partial charge on any atom is 0.244 e. The van der Waals surface area contributed by atoms with E-state index >= 15 is 0 Å². The van der Waals surface area contributed by atoms with Crippen molar-refractivity contribution in [3.8, 4) is 11.5 Å². The Balaban J connectivity index is 1.55. The highest BCUT2D eigenvalue weighted by Gasteiger charge is 2.36. The number of ether oxygens (including phenoxy) is 2. The second kappa shape index (κ2) is 12.0. The minimum atomic E-state index is -3.92. The third-order valence-electron chi connectivity index (χ3n) is 6.82. The van der Waals surface area contributed by atoms with Crippen molar-refractivity contribution in [3.05, 3.63) is 40.4 Å². The van der Waals surface area contributed by atoms with E-state index in [0.717, 1.165) is 5.56 Å². The van der Waals surface area contributed by atoms with Gasteiger partial charge in [0.2, 0.25) is 21.8 Å². The van der Waals surface area contributed by atoms with Gasteiger partial charge in [0.25, 0.3) is 0 Å². The Morgan fingerprint density at radius 2 is 1.84 bits per heavy atom. The molecule has 1 saturated heterocycles. The van der Waals surface area contributed by atoms with Gasteiger partial charge in [0.15, 0.2) is 0 Å². The summed E-state index contributed by atoms with van der Waals surface area (Å²) in [5.41, 5.74) is 2.07. The third kappa shape index (κ3) is 5.84. The number of anilines is 2. The van der Waals surface area contributed by atoms with Gasteiger partial charge in [-0.2, -0.15) is 4.31 Å². The molecule has 0 aliphatic carbocycles. The first kappa shape index (κ1) is 28.4. The van der Waals surface area contributed by atoms with Crippen molar-refractivity contribution in [3.63, 3.8) is 0 Å². The zero-order valence-corrected chi connectivity index (χ0v) is 24.4. The van der Waals surface area contributed by atoms with E-state index < -0.39 is 15.9 Å². The zero-order chi connectivity index (χ0) is 27.4. The Hall–Kier alpha value is -2.63. The maximum absolute atomic E-state index is 13.8. The average molecular weight is 609 g/mol. The number of nitrogens with one attached hydrogen (secondary N) is 1. The molecule has 0 spiro atoms. The molecule has 206 valence electrons. The van der Waals surface area contributed by atoms with Crippen LogP contribution in [0.1, 0.15) is 45.6 Å². The van der Waals surface area contributed by atoms with E-state index in [-0.39, 0.29) is 23.3 Å². The number of amides is 2. The van der Waals surface area contributed by atoms with Gasteiger partial charge in [-0.1, -0.05) is 6.92 Å². The van der Waals surface area contributed by atoms with E-state index in [2.05, 4.69) is 21.2 Å². The van der Waals surface area contributed by atoms with Gasteiger partial charge in [-0.3, -0.25) is 9.59 Å². The third-order valence-corrected chi connectivity index (χ3v) is 9.65. The van der Waals surface area contributed by atoms with Crippen molar-refractivity contribution in [2.45, 2.75) is 51.3 Å². The number of sulfonamides is 1. The minimum Gasteiger partial charge on any atom is -0.494 e. The Labute approximate surface area is 232 Å². The Morgan fingerprint density at radius 3 is 2.55 bits per heavy atom. The van der Waals surface area contributed by atoms with Crippen molar-refractivity contribution >= 4 is 49.1 Å². The van der Waals surface area contributed by atoms with Gasteiger partial charge in [0.05, 0.1) is 29.7 Å². The van der Waals surface area contributed by atoms with E-state index in [1.807, 2.05) is 13.8 Å². The number of carbonyl (C=O) groups excluding carboxylic acids is 2. The molecule has 4 rings (SSSR count). The topological polar surface area (TPSA) is 105 Å². The Morgan fingerprint density at radius 1 is 1.08 bits per heavy atom. The highest BCUT2D eigenvalue weighted by Crippen LogP contribution is 2.38. The number of benzene rings is 2. The van der Waals surface area contributed by atoms with Gasteiger partial charge < -0.3 is 19.7 Å².